The van der Waals surface area contributed by atoms with E-state index in [-0.39, 0.29) is 0 Å². The van der Waals surface area contributed by atoms with Gasteiger partial charge >= 0.3 is 0 Å². The maximum Gasteiger partial charge on any atom is 0.131 e. The lowest BCUT2D eigenvalue weighted by Crippen LogP contribution is -2.54. The van der Waals surface area contributed by atoms with Crippen LogP contribution in [-0.4, -0.2) is 47.1 Å². The molecule has 30 heavy (non-hydrogen) atoms. The molecule has 1 aromatic carbocycles. The number of aromatic nitrogens is 1. The molecule has 2 aromatic rings. The normalized spacial score (nSPS) is 19.5. The number of amidine groups is 1. The first-order valence-electron chi connectivity index (χ1n) is 10.8. The predicted molar refractivity (Wildman–Crippen MR) is 125 cm³/mol. The number of benzene rings is 1. The first kappa shape index (κ1) is 20.5. The van der Waals surface area contributed by atoms with Gasteiger partial charge in [0.05, 0.1) is 5.71 Å². The Morgan fingerprint density at radius 3 is 2.67 bits per heavy atom. The molecule has 1 N–H and O–H groups in total. The predicted octanol–water partition coefficient (Wildman–Crippen LogP) is 4.36. The molecule has 1 saturated heterocycles. The van der Waals surface area contributed by atoms with Crippen molar-refractivity contribution in [3.8, 4) is 11.1 Å². The van der Waals surface area contributed by atoms with Crippen molar-refractivity contribution < 1.29 is 0 Å². The second kappa shape index (κ2) is 8.92. The van der Waals surface area contributed by atoms with Crippen molar-refractivity contribution in [1.29, 1.82) is 0 Å². The van der Waals surface area contributed by atoms with Gasteiger partial charge in [-0.3, -0.25) is 4.98 Å². The Labute approximate surface area is 179 Å². The minimum Gasteiger partial charge on any atom is -0.355 e. The lowest BCUT2D eigenvalue weighted by molar-refractivity contribution is 0.246. The summed E-state index contributed by atoms with van der Waals surface area (Å²) in [6.07, 6.45) is 6.99. The molecule has 3 heterocycles. The molecule has 1 aromatic heterocycles. The Morgan fingerprint density at radius 1 is 1.07 bits per heavy atom. The van der Waals surface area contributed by atoms with E-state index < -0.39 is 0 Å². The third kappa shape index (κ3) is 4.51. The largest absolute Gasteiger partial charge is 0.355 e. The standard InChI is InChI=1S/C25H31N5/c1-17(2)24-16-30(13-12-27-24)25-7-5-6-23(28-29-25)22-9-8-20(14-18(22)3)21-10-11-26-19(4)15-21/h5-6,8-11,14-15,17,24,27H,7,12-13,16H2,1-4H3. The Bertz CT molecular complexity index is 1000. The second-order valence-corrected chi connectivity index (χ2v) is 8.57. The average Bonchev–Trinajstić information content (AvgIpc) is 3.00. The number of nitrogens with one attached hydrogen (secondary N) is 1. The molecule has 5 nitrogen and oxygen atoms in total. The number of piperazine rings is 1. The minimum absolute atomic E-state index is 0.503. The molecule has 0 saturated carbocycles. The molecule has 0 bridgehead atoms. The highest BCUT2D eigenvalue weighted by Gasteiger charge is 2.24. The summed E-state index contributed by atoms with van der Waals surface area (Å²) < 4.78 is 0. The molecule has 2 aliphatic rings. The maximum absolute atomic E-state index is 4.66. The Hall–Kier alpha value is -2.79. The van der Waals surface area contributed by atoms with E-state index in [0.29, 0.717) is 12.0 Å². The third-order valence-corrected chi connectivity index (χ3v) is 5.96. The van der Waals surface area contributed by atoms with Gasteiger partial charge in [0.1, 0.15) is 5.84 Å². The molecule has 2 aliphatic heterocycles. The second-order valence-electron chi connectivity index (χ2n) is 8.57. The molecule has 1 atom stereocenters. The van der Waals surface area contributed by atoms with Crippen molar-refractivity contribution in [1.82, 2.24) is 15.2 Å². The van der Waals surface area contributed by atoms with Crippen LogP contribution in [0.1, 0.15) is 37.1 Å². The fraction of sp³-hybridized carbons (Fsp3) is 0.400. The number of hydrogen-bond donors (Lipinski definition) is 1. The highest BCUT2D eigenvalue weighted by atomic mass is 15.3. The van der Waals surface area contributed by atoms with Crippen molar-refractivity contribution >= 4 is 11.5 Å². The molecule has 5 heteroatoms. The van der Waals surface area contributed by atoms with Gasteiger partial charge in [0.15, 0.2) is 0 Å². The zero-order valence-corrected chi connectivity index (χ0v) is 18.4. The van der Waals surface area contributed by atoms with E-state index in [2.05, 4.69) is 88.7 Å². The molecule has 4 rings (SSSR count). The number of rotatable bonds is 3. The van der Waals surface area contributed by atoms with Gasteiger partial charge in [-0.1, -0.05) is 38.1 Å². The van der Waals surface area contributed by atoms with Crippen LogP contribution >= 0.6 is 0 Å². The van der Waals surface area contributed by atoms with E-state index >= 15 is 0 Å². The Kier molecular flexibility index (Phi) is 6.09. The molecule has 0 spiro atoms. The molecule has 156 valence electrons. The van der Waals surface area contributed by atoms with E-state index in [4.69, 9.17) is 0 Å². The minimum atomic E-state index is 0.503. The monoisotopic (exact) mass is 401 g/mol. The number of nitrogens with zero attached hydrogens (tertiary/aromatic N) is 4. The van der Waals surface area contributed by atoms with Crippen LogP contribution in [-0.2, 0) is 0 Å². The Morgan fingerprint density at radius 2 is 1.90 bits per heavy atom. The van der Waals surface area contributed by atoms with Crippen LogP contribution in [0.15, 0.2) is 58.9 Å². The van der Waals surface area contributed by atoms with Crippen LogP contribution in [0.2, 0.25) is 0 Å². The smallest absolute Gasteiger partial charge is 0.131 e. The van der Waals surface area contributed by atoms with E-state index in [0.717, 1.165) is 48.9 Å². The number of allylic oxidation sites excluding steroid dienone is 1. The van der Waals surface area contributed by atoms with Crippen molar-refractivity contribution in [2.75, 3.05) is 19.6 Å². The van der Waals surface area contributed by atoms with Crippen molar-refractivity contribution in [3.63, 3.8) is 0 Å². The zero-order chi connectivity index (χ0) is 21.1. The van der Waals surface area contributed by atoms with Gasteiger partial charge in [-0.05, 0) is 54.7 Å². The summed E-state index contributed by atoms with van der Waals surface area (Å²) in [6.45, 7) is 11.7. The number of aryl methyl sites for hydroxylation is 2. The molecular formula is C25H31N5. The van der Waals surface area contributed by atoms with E-state index in [9.17, 15) is 0 Å². The van der Waals surface area contributed by atoms with E-state index in [1.807, 2.05) is 13.1 Å². The van der Waals surface area contributed by atoms with Crippen molar-refractivity contribution in [2.24, 2.45) is 16.1 Å². The van der Waals surface area contributed by atoms with Crippen molar-refractivity contribution in [2.45, 2.75) is 40.2 Å². The van der Waals surface area contributed by atoms with Crippen LogP contribution in [0.4, 0.5) is 0 Å². The summed E-state index contributed by atoms with van der Waals surface area (Å²) >= 11 is 0. The SMILES string of the molecule is Cc1cc(-c2ccc(C3=NN=C(N4CCNC(C(C)C)C4)CC=C3)c(C)c2)ccn1. The highest BCUT2D eigenvalue weighted by Crippen LogP contribution is 2.24. The first-order chi connectivity index (χ1) is 14.5. The number of pyridine rings is 1. The van der Waals surface area contributed by atoms with Gasteiger partial charge < -0.3 is 10.2 Å². The van der Waals surface area contributed by atoms with Gasteiger partial charge in [-0.15, -0.1) is 10.2 Å². The van der Waals surface area contributed by atoms with Crippen LogP contribution in [0, 0.1) is 19.8 Å². The number of hydrogen-bond acceptors (Lipinski definition) is 5. The highest BCUT2D eigenvalue weighted by molar-refractivity contribution is 6.10. The summed E-state index contributed by atoms with van der Waals surface area (Å²) in [4.78, 5) is 6.69. The lowest BCUT2D eigenvalue weighted by Gasteiger charge is -2.37. The molecular weight excluding hydrogens is 370 g/mol. The summed E-state index contributed by atoms with van der Waals surface area (Å²) in [5.74, 6) is 1.68. The van der Waals surface area contributed by atoms with Gasteiger partial charge in [0, 0.05) is 49.6 Å². The van der Waals surface area contributed by atoms with Crippen molar-refractivity contribution in [3.05, 3.63) is 65.5 Å². The molecule has 1 fully saturated rings. The first-order valence-corrected chi connectivity index (χ1v) is 10.8. The summed E-state index contributed by atoms with van der Waals surface area (Å²) in [5, 5.41) is 12.9. The lowest BCUT2D eigenvalue weighted by atomic mass is 9.97. The fourth-order valence-corrected chi connectivity index (χ4v) is 4.11. The van der Waals surface area contributed by atoms with Crippen LogP contribution in [0.3, 0.4) is 0 Å². The molecule has 1 unspecified atom stereocenters. The van der Waals surface area contributed by atoms with E-state index in [1.165, 1.54) is 16.7 Å². The topological polar surface area (TPSA) is 52.9 Å². The van der Waals surface area contributed by atoms with Crippen LogP contribution in [0.25, 0.3) is 11.1 Å². The van der Waals surface area contributed by atoms with Gasteiger partial charge in [0.25, 0.3) is 0 Å². The van der Waals surface area contributed by atoms with Crippen LogP contribution < -0.4 is 5.32 Å². The summed E-state index contributed by atoms with van der Waals surface area (Å²) in [7, 11) is 0. The van der Waals surface area contributed by atoms with Gasteiger partial charge in [0.2, 0.25) is 0 Å². The quantitative estimate of drug-likeness (QED) is 0.831. The van der Waals surface area contributed by atoms with Crippen LogP contribution in [0.5, 0.6) is 0 Å². The van der Waals surface area contributed by atoms with Gasteiger partial charge in [-0.2, -0.15) is 0 Å². The molecule has 0 aliphatic carbocycles. The summed E-state index contributed by atoms with van der Waals surface area (Å²) in [5.41, 5.74) is 6.67. The zero-order valence-electron chi connectivity index (χ0n) is 18.4. The fourth-order valence-electron chi connectivity index (χ4n) is 4.11. The Balaban J connectivity index is 1.57. The summed E-state index contributed by atoms with van der Waals surface area (Å²) in [6, 6.07) is 11.2. The van der Waals surface area contributed by atoms with Gasteiger partial charge in [-0.25, -0.2) is 0 Å². The average molecular weight is 402 g/mol. The molecule has 0 radical (unpaired) electrons. The third-order valence-electron chi connectivity index (χ3n) is 5.96. The molecule has 0 amide bonds. The van der Waals surface area contributed by atoms with E-state index in [1.54, 1.807) is 0 Å². The maximum atomic E-state index is 4.66.